The summed E-state index contributed by atoms with van der Waals surface area (Å²) in [6.45, 7) is 3.96. The number of hydrogen-bond donors (Lipinski definition) is 0. The molecule has 2 aromatic heterocycles. The smallest absolute Gasteiger partial charge is 0.167 e. The third kappa shape index (κ3) is 2.18. The molecule has 2 heterocycles. The van der Waals surface area contributed by atoms with Gasteiger partial charge in [-0.05, 0) is 49.2 Å². The van der Waals surface area contributed by atoms with Crippen LogP contribution >= 0.6 is 11.6 Å². The molecule has 1 aromatic carbocycles. The molecule has 4 heteroatoms. The second kappa shape index (κ2) is 5.50. The first-order chi connectivity index (χ1) is 10.6. The van der Waals surface area contributed by atoms with Crippen LogP contribution in [0.4, 0.5) is 0 Å². The Balaban J connectivity index is 2.40. The highest BCUT2D eigenvalue weighted by molar-refractivity contribution is 6.31. The van der Waals surface area contributed by atoms with Crippen molar-refractivity contribution in [1.82, 2.24) is 4.40 Å². The summed E-state index contributed by atoms with van der Waals surface area (Å²) >= 11 is 6.20. The minimum atomic E-state index is 0.596. The minimum absolute atomic E-state index is 0.596. The molecule has 0 saturated carbocycles. The predicted molar refractivity (Wildman–Crippen MR) is 89.3 cm³/mol. The summed E-state index contributed by atoms with van der Waals surface area (Å²) in [7, 11) is 1.63. The first-order valence-corrected chi connectivity index (χ1v) is 7.35. The van der Waals surface area contributed by atoms with Gasteiger partial charge in [-0.2, -0.15) is 0 Å². The maximum Gasteiger partial charge on any atom is 0.167 e. The number of carbonyl (C=O) groups is 1. The van der Waals surface area contributed by atoms with Crippen molar-refractivity contribution in [1.29, 1.82) is 0 Å². The van der Waals surface area contributed by atoms with E-state index >= 15 is 0 Å². The Kier molecular flexibility index (Phi) is 3.67. The monoisotopic (exact) mass is 313 g/mol. The fourth-order valence-corrected chi connectivity index (χ4v) is 3.17. The van der Waals surface area contributed by atoms with Gasteiger partial charge in [0.1, 0.15) is 5.75 Å². The lowest BCUT2D eigenvalue weighted by Crippen LogP contribution is -1.95. The Labute approximate surface area is 134 Å². The van der Waals surface area contributed by atoms with E-state index in [2.05, 4.69) is 0 Å². The van der Waals surface area contributed by atoms with Crippen molar-refractivity contribution in [3.63, 3.8) is 0 Å². The number of hydrogen-bond acceptors (Lipinski definition) is 2. The van der Waals surface area contributed by atoms with Crippen LogP contribution in [0.15, 0.2) is 36.5 Å². The summed E-state index contributed by atoms with van der Waals surface area (Å²) in [5.41, 5.74) is 5.30. The summed E-state index contributed by atoms with van der Waals surface area (Å²) in [5, 5.41) is 0.622. The van der Waals surface area contributed by atoms with E-state index in [0.29, 0.717) is 10.7 Å². The van der Waals surface area contributed by atoms with E-state index < -0.39 is 0 Å². The van der Waals surface area contributed by atoms with E-state index in [9.17, 15) is 4.79 Å². The number of benzene rings is 1. The molecule has 3 nitrogen and oxygen atoms in total. The van der Waals surface area contributed by atoms with Gasteiger partial charge in [-0.1, -0.05) is 17.7 Å². The molecule has 0 N–H and O–H groups in total. The number of fused-ring (bicyclic) bond motifs is 1. The Morgan fingerprint density at radius 1 is 1.14 bits per heavy atom. The van der Waals surface area contributed by atoms with Gasteiger partial charge in [-0.15, -0.1) is 0 Å². The normalized spacial score (nSPS) is 10.9. The zero-order chi connectivity index (χ0) is 15.9. The van der Waals surface area contributed by atoms with Crippen LogP contribution in [0.1, 0.15) is 21.6 Å². The summed E-state index contributed by atoms with van der Waals surface area (Å²) in [5.74, 6) is 0.737. The maximum atomic E-state index is 11.7. The van der Waals surface area contributed by atoms with Crippen molar-refractivity contribution in [3.8, 4) is 16.9 Å². The molecular weight excluding hydrogens is 298 g/mol. The molecule has 22 heavy (non-hydrogen) atoms. The van der Waals surface area contributed by atoms with Crippen molar-refractivity contribution >= 4 is 23.4 Å². The lowest BCUT2D eigenvalue weighted by atomic mass is 10.0. The van der Waals surface area contributed by atoms with E-state index in [1.54, 1.807) is 7.11 Å². The van der Waals surface area contributed by atoms with Crippen LogP contribution in [-0.4, -0.2) is 17.8 Å². The quantitative estimate of drug-likeness (QED) is 0.656. The van der Waals surface area contributed by atoms with Gasteiger partial charge in [0.15, 0.2) is 6.29 Å². The molecule has 0 amide bonds. The van der Waals surface area contributed by atoms with Crippen molar-refractivity contribution in [2.24, 2.45) is 0 Å². The molecule has 3 rings (SSSR count). The lowest BCUT2D eigenvalue weighted by molar-refractivity contribution is 0.111. The van der Waals surface area contributed by atoms with Crippen molar-refractivity contribution in [2.45, 2.75) is 13.8 Å². The van der Waals surface area contributed by atoms with E-state index in [0.717, 1.165) is 39.8 Å². The first-order valence-electron chi connectivity index (χ1n) is 6.97. The van der Waals surface area contributed by atoms with Gasteiger partial charge < -0.3 is 9.14 Å². The molecule has 0 bridgehead atoms. The second-order valence-corrected chi connectivity index (χ2v) is 5.75. The number of carbonyl (C=O) groups excluding carboxylic acids is 1. The highest BCUT2D eigenvalue weighted by atomic mass is 35.5. The molecule has 112 valence electrons. The summed E-state index contributed by atoms with van der Waals surface area (Å²) in [4.78, 5) is 11.7. The number of aromatic nitrogens is 1. The molecule has 0 saturated heterocycles. The summed E-state index contributed by atoms with van der Waals surface area (Å²) in [6.07, 6.45) is 2.76. The maximum absolute atomic E-state index is 11.7. The van der Waals surface area contributed by atoms with Crippen molar-refractivity contribution < 1.29 is 9.53 Å². The van der Waals surface area contributed by atoms with Gasteiger partial charge in [-0.25, -0.2) is 0 Å². The summed E-state index contributed by atoms with van der Waals surface area (Å²) in [6, 6.07) is 9.65. The SMILES string of the molecule is COc1c(C)cc(Cl)cc1-c1cc2c(C)cccn2c1C=O. The highest BCUT2D eigenvalue weighted by Crippen LogP contribution is 2.38. The van der Waals surface area contributed by atoms with Crippen LogP contribution in [-0.2, 0) is 0 Å². The third-order valence-electron chi connectivity index (χ3n) is 3.91. The zero-order valence-electron chi connectivity index (χ0n) is 12.7. The third-order valence-corrected chi connectivity index (χ3v) is 4.13. The van der Waals surface area contributed by atoms with Crippen molar-refractivity contribution in [2.75, 3.05) is 7.11 Å². The van der Waals surface area contributed by atoms with Gasteiger partial charge in [0.2, 0.25) is 0 Å². The Bertz CT molecular complexity index is 880. The Hall–Kier alpha value is -2.26. The van der Waals surface area contributed by atoms with Crippen LogP contribution < -0.4 is 4.74 Å². The number of aryl methyl sites for hydroxylation is 2. The molecular formula is C18H16ClNO2. The number of nitrogens with zero attached hydrogens (tertiary/aromatic N) is 1. The van der Waals surface area contributed by atoms with E-state index in [1.165, 1.54) is 0 Å². The number of halogens is 1. The van der Waals surface area contributed by atoms with Gasteiger partial charge in [0.05, 0.1) is 12.8 Å². The average Bonchev–Trinajstić information content (AvgIpc) is 2.86. The zero-order valence-corrected chi connectivity index (χ0v) is 13.4. The van der Waals surface area contributed by atoms with Crippen LogP contribution in [0.2, 0.25) is 5.02 Å². The molecule has 0 unspecified atom stereocenters. The highest BCUT2D eigenvalue weighted by Gasteiger charge is 2.18. The van der Waals surface area contributed by atoms with Crippen molar-refractivity contribution in [3.05, 3.63) is 58.4 Å². The molecule has 0 fully saturated rings. The average molecular weight is 314 g/mol. The molecule has 0 aliphatic heterocycles. The summed E-state index contributed by atoms with van der Waals surface area (Å²) < 4.78 is 7.42. The largest absolute Gasteiger partial charge is 0.496 e. The lowest BCUT2D eigenvalue weighted by Gasteiger charge is -2.12. The van der Waals surface area contributed by atoms with Crippen LogP contribution in [0.25, 0.3) is 16.6 Å². The van der Waals surface area contributed by atoms with Gasteiger partial charge in [0, 0.05) is 27.9 Å². The number of methoxy groups -OCH3 is 1. The Morgan fingerprint density at radius 2 is 1.91 bits per heavy atom. The molecule has 0 aliphatic carbocycles. The van der Waals surface area contributed by atoms with Crippen LogP contribution in [0, 0.1) is 13.8 Å². The first kappa shape index (κ1) is 14.7. The minimum Gasteiger partial charge on any atom is -0.496 e. The molecule has 0 atom stereocenters. The van der Waals surface area contributed by atoms with Gasteiger partial charge in [-0.3, -0.25) is 4.79 Å². The Morgan fingerprint density at radius 3 is 2.59 bits per heavy atom. The topological polar surface area (TPSA) is 30.7 Å². The molecule has 0 aliphatic rings. The standard InChI is InChI=1S/C18H16ClNO2/c1-11-5-4-6-20-16(11)9-14(17(20)10-21)15-8-13(19)7-12(2)18(15)22-3/h4-10H,1-3H3. The number of pyridine rings is 1. The van der Waals surface area contributed by atoms with Gasteiger partial charge in [0.25, 0.3) is 0 Å². The molecule has 0 radical (unpaired) electrons. The fourth-order valence-electron chi connectivity index (χ4n) is 2.90. The van der Waals surface area contributed by atoms with Crippen LogP contribution in [0.3, 0.4) is 0 Å². The molecule has 0 spiro atoms. The van der Waals surface area contributed by atoms with Gasteiger partial charge >= 0.3 is 0 Å². The number of aldehydes is 1. The van der Waals surface area contributed by atoms with E-state index in [4.69, 9.17) is 16.3 Å². The number of rotatable bonds is 3. The number of ether oxygens (including phenoxy) is 1. The fraction of sp³-hybridized carbons (Fsp3) is 0.167. The van der Waals surface area contributed by atoms with E-state index in [-0.39, 0.29) is 0 Å². The predicted octanol–water partition coefficient (Wildman–Crippen LogP) is 4.70. The molecule has 3 aromatic rings. The van der Waals surface area contributed by atoms with E-state index in [1.807, 2.05) is 54.8 Å². The second-order valence-electron chi connectivity index (χ2n) is 5.31. The van der Waals surface area contributed by atoms with Crippen LogP contribution in [0.5, 0.6) is 5.75 Å².